The number of hydrogen-bond donors (Lipinski definition) is 0. The number of rotatable bonds is 11. The first-order valence-electron chi connectivity index (χ1n) is 15.1. The molecule has 0 spiro atoms. The van der Waals surface area contributed by atoms with Crippen LogP contribution in [-0.2, 0) is 27.2 Å². The Morgan fingerprint density at radius 2 is 1.71 bits per heavy atom. The highest BCUT2D eigenvalue weighted by Crippen LogP contribution is 2.37. The smallest absolute Gasteiger partial charge is 0.417 e. The maximum atomic E-state index is 14.4. The summed E-state index contributed by atoms with van der Waals surface area (Å²) in [6, 6.07) is 20.3. The van der Waals surface area contributed by atoms with Crippen molar-refractivity contribution in [3.8, 4) is 5.75 Å². The second kappa shape index (κ2) is 13.9. The fourth-order valence-electron chi connectivity index (χ4n) is 5.47. The number of carbonyl (C=O) groups is 3. The number of benzene rings is 3. The first-order valence-corrected chi connectivity index (χ1v) is 15.1. The summed E-state index contributed by atoms with van der Waals surface area (Å²) in [5.74, 6) is -0.812. The predicted octanol–water partition coefficient (Wildman–Crippen LogP) is 6.55. The highest BCUT2D eigenvalue weighted by molar-refractivity contribution is 6.00. The number of nitro groups is 1. The van der Waals surface area contributed by atoms with Gasteiger partial charge in [-0.25, -0.2) is 9.69 Å². The minimum atomic E-state index is -0.870. The maximum absolute atomic E-state index is 14.4. The monoisotopic (exact) mass is 615 g/mol. The number of methoxy groups -OCH3 is 1. The lowest BCUT2D eigenvalue weighted by Crippen LogP contribution is -2.43. The van der Waals surface area contributed by atoms with Crippen LogP contribution in [-0.4, -0.2) is 54.0 Å². The molecule has 0 aliphatic carbocycles. The van der Waals surface area contributed by atoms with E-state index in [1.54, 1.807) is 35.2 Å². The molecule has 1 aliphatic rings. The fraction of sp³-hybridized carbons (Fsp3) is 0.400. The van der Waals surface area contributed by atoms with Crippen molar-refractivity contribution in [2.24, 2.45) is 11.3 Å². The normalized spacial score (nSPS) is 15.5. The second-order valence-electron chi connectivity index (χ2n) is 12.8. The lowest BCUT2D eigenvalue weighted by Gasteiger charge is -2.33. The molecule has 0 aromatic heterocycles. The van der Waals surface area contributed by atoms with Gasteiger partial charge in [0, 0.05) is 24.1 Å². The third-order valence-corrected chi connectivity index (χ3v) is 7.73. The van der Waals surface area contributed by atoms with Crippen molar-refractivity contribution in [3.05, 3.63) is 99.6 Å². The topological polar surface area (TPSA) is 119 Å². The predicted molar refractivity (Wildman–Crippen MR) is 171 cm³/mol. The zero-order valence-corrected chi connectivity index (χ0v) is 26.7. The SMILES string of the molecule is COc1ccc([C@H](Cc2ccc([N+](=O)[O-])cc2)C(=O)N2C(=O)OC[C@@H]2Cc2ccccc2)cc1N(CC(C)C)C(=O)C(C)(C)C. The van der Waals surface area contributed by atoms with E-state index in [1.165, 1.54) is 24.1 Å². The molecular formula is C35H41N3O7. The Balaban J connectivity index is 1.81. The molecule has 1 aliphatic heterocycles. The van der Waals surface area contributed by atoms with E-state index in [0.29, 0.717) is 35.5 Å². The largest absolute Gasteiger partial charge is 0.495 e. The van der Waals surface area contributed by atoms with E-state index in [9.17, 15) is 24.5 Å². The molecule has 3 aromatic rings. The van der Waals surface area contributed by atoms with Gasteiger partial charge in [-0.1, -0.05) is 83.1 Å². The van der Waals surface area contributed by atoms with Gasteiger partial charge in [-0.15, -0.1) is 0 Å². The quantitative estimate of drug-likeness (QED) is 0.177. The molecule has 0 radical (unpaired) electrons. The van der Waals surface area contributed by atoms with E-state index < -0.39 is 34.3 Å². The van der Waals surface area contributed by atoms with Gasteiger partial charge in [-0.2, -0.15) is 0 Å². The molecule has 0 N–H and O–H groups in total. The number of cyclic esters (lactones) is 1. The number of amides is 3. The molecule has 0 unspecified atom stereocenters. The van der Waals surface area contributed by atoms with Crippen molar-refractivity contribution < 1.29 is 28.8 Å². The molecule has 1 heterocycles. The van der Waals surface area contributed by atoms with Gasteiger partial charge >= 0.3 is 6.09 Å². The van der Waals surface area contributed by atoms with Crippen molar-refractivity contribution in [3.63, 3.8) is 0 Å². The molecule has 45 heavy (non-hydrogen) atoms. The average molecular weight is 616 g/mol. The second-order valence-corrected chi connectivity index (χ2v) is 12.8. The summed E-state index contributed by atoms with van der Waals surface area (Å²) < 4.78 is 11.1. The van der Waals surface area contributed by atoms with Gasteiger partial charge in [0.2, 0.25) is 11.8 Å². The van der Waals surface area contributed by atoms with Gasteiger partial charge in [0.1, 0.15) is 12.4 Å². The summed E-state index contributed by atoms with van der Waals surface area (Å²) in [6.45, 7) is 10.1. The number of nitro benzene ring substituents is 1. The van der Waals surface area contributed by atoms with Crippen molar-refractivity contribution in [1.82, 2.24) is 4.90 Å². The van der Waals surface area contributed by atoms with Crippen molar-refractivity contribution in [2.45, 2.75) is 59.4 Å². The third-order valence-electron chi connectivity index (χ3n) is 7.73. The number of hydrogen-bond acceptors (Lipinski definition) is 7. The maximum Gasteiger partial charge on any atom is 0.417 e. The third kappa shape index (κ3) is 7.87. The molecule has 0 saturated carbocycles. The van der Waals surface area contributed by atoms with Crippen LogP contribution >= 0.6 is 0 Å². The van der Waals surface area contributed by atoms with E-state index in [2.05, 4.69) is 0 Å². The van der Waals surface area contributed by atoms with Gasteiger partial charge < -0.3 is 14.4 Å². The minimum absolute atomic E-state index is 0.0653. The van der Waals surface area contributed by atoms with Gasteiger partial charge in [-0.3, -0.25) is 19.7 Å². The van der Waals surface area contributed by atoms with E-state index in [4.69, 9.17) is 9.47 Å². The van der Waals surface area contributed by atoms with Crippen LogP contribution in [0.3, 0.4) is 0 Å². The van der Waals surface area contributed by atoms with Crippen molar-refractivity contribution >= 4 is 29.3 Å². The number of nitrogens with zero attached hydrogens (tertiary/aromatic N) is 3. The highest BCUT2D eigenvalue weighted by Gasteiger charge is 2.42. The Morgan fingerprint density at radius 3 is 2.29 bits per heavy atom. The summed E-state index contributed by atoms with van der Waals surface area (Å²) in [6.07, 6.45) is -0.131. The van der Waals surface area contributed by atoms with Gasteiger partial charge in [0.15, 0.2) is 0 Å². The van der Waals surface area contributed by atoms with Crippen molar-refractivity contribution in [1.29, 1.82) is 0 Å². The fourth-order valence-corrected chi connectivity index (χ4v) is 5.47. The molecule has 4 rings (SSSR count). The molecule has 0 bridgehead atoms. The Hall–Kier alpha value is -4.73. The molecule has 10 nitrogen and oxygen atoms in total. The number of anilines is 1. The molecule has 238 valence electrons. The van der Waals surface area contributed by atoms with Crippen LogP contribution in [0.2, 0.25) is 0 Å². The van der Waals surface area contributed by atoms with Crippen LogP contribution in [0.4, 0.5) is 16.2 Å². The summed E-state index contributed by atoms with van der Waals surface area (Å²) in [4.78, 5) is 54.9. The molecule has 1 saturated heterocycles. The Bertz CT molecular complexity index is 1530. The average Bonchev–Trinajstić information content (AvgIpc) is 3.37. The molecule has 1 fully saturated rings. The van der Waals surface area contributed by atoms with E-state index in [1.807, 2.05) is 65.0 Å². The molecular weight excluding hydrogens is 574 g/mol. The summed E-state index contributed by atoms with van der Waals surface area (Å²) >= 11 is 0. The zero-order valence-electron chi connectivity index (χ0n) is 26.7. The number of non-ortho nitro benzene ring substituents is 1. The van der Waals surface area contributed by atoms with Gasteiger partial charge in [0.05, 0.1) is 29.7 Å². The van der Waals surface area contributed by atoms with E-state index in [0.717, 1.165) is 5.56 Å². The number of imide groups is 1. The van der Waals surface area contributed by atoms with E-state index in [-0.39, 0.29) is 30.5 Å². The van der Waals surface area contributed by atoms with E-state index >= 15 is 0 Å². The number of ether oxygens (including phenoxy) is 2. The summed E-state index contributed by atoms with van der Waals surface area (Å²) in [5.41, 5.74) is 1.98. The Morgan fingerprint density at radius 1 is 1.04 bits per heavy atom. The Labute approximate surface area is 264 Å². The standard InChI is InChI=1S/C35H41N3O7/c1-23(2)21-36(33(40)35(3,4)5)30-20-26(14-17-31(30)44-6)29(19-25-12-15-27(16-13-25)38(42)43)32(39)37-28(22-45-34(37)41)18-24-10-8-7-9-11-24/h7-17,20,23,28-29H,18-19,21-22H2,1-6H3/t28-,29-/m0/s1. The van der Waals surface area contributed by atoms with Gasteiger partial charge in [0.25, 0.3) is 5.69 Å². The Kier molecular flexibility index (Phi) is 10.3. The summed E-state index contributed by atoms with van der Waals surface area (Å²) in [7, 11) is 1.53. The van der Waals surface area contributed by atoms with Crippen LogP contribution in [0.1, 0.15) is 57.2 Å². The zero-order chi connectivity index (χ0) is 32.9. The van der Waals surface area contributed by atoms with Crippen molar-refractivity contribution in [2.75, 3.05) is 25.2 Å². The number of carbonyl (C=O) groups excluding carboxylic acids is 3. The molecule has 3 aromatic carbocycles. The molecule has 3 amide bonds. The minimum Gasteiger partial charge on any atom is -0.495 e. The molecule has 2 atom stereocenters. The first-order chi connectivity index (χ1) is 21.3. The van der Waals surface area contributed by atoms with Crippen LogP contribution in [0.25, 0.3) is 0 Å². The van der Waals surface area contributed by atoms with Crippen LogP contribution in [0.5, 0.6) is 5.75 Å². The van der Waals surface area contributed by atoms with Crippen LogP contribution < -0.4 is 9.64 Å². The lowest BCUT2D eigenvalue weighted by atomic mass is 9.88. The van der Waals surface area contributed by atoms with Crippen LogP contribution in [0.15, 0.2) is 72.8 Å². The van der Waals surface area contributed by atoms with Gasteiger partial charge in [-0.05, 0) is 47.6 Å². The van der Waals surface area contributed by atoms with Crippen LogP contribution in [0, 0.1) is 21.4 Å². The lowest BCUT2D eigenvalue weighted by molar-refractivity contribution is -0.384. The molecule has 10 heteroatoms. The highest BCUT2D eigenvalue weighted by atomic mass is 16.6. The first kappa shape index (κ1) is 33.2. The summed E-state index contributed by atoms with van der Waals surface area (Å²) in [5, 5.41) is 11.3.